The fraction of sp³-hybridized carbons (Fsp3) is 0.529. The maximum absolute atomic E-state index is 13.2. The molecule has 0 aliphatic heterocycles. The molecule has 2 aliphatic carbocycles. The standard InChI is InChI=1S/C17H21FN4O.2ClH/c18-11-3-4-12-13(8-11)22-14(21-12)5-6-20-17(23)15-9-1-2-10(7-9)16(15)19;;/h3-4,8-10,15-16H,1-2,5-7,19H2,(H,20,23)(H,21,22);2*1H. The lowest BCUT2D eigenvalue weighted by atomic mass is 9.84. The number of halogens is 3. The van der Waals surface area contributed by atoms with Gasteiger partial charge in [0, 0.05) is 19.0 Å². The Morgan fingerprint density at radius 2 is 2.08 bits per heavy atom. The number of nitrogens with zero attached hydrogens (tertiary/aromatic N) is 1. The SMILES string of the molecule is Cl.Cl.NC1C2CCC(C2)C1C(=O)NCCc1nc2ccc(F)cc2[nH]1. The van der Waals surface area contributed by atoms with E-state index in [0.29, 0.717) is 30.3 Å². The van der Waals surface area contributed by atoms with E-state index in [9.17, 15) is 9.18 Å². The topological polar surface area (TPSA) is 83.8 Å². The van der Waals surface area contributed by atoms with Gasteiger partial charge in [0.25, 0.3) is 0 Å². The molecule has 1 amide bonds. The average molecular weight is 389 g/mol. The van der Waals surface area contributed by atoms with Crippen LogP contribution in [0.3, 0.4) is 0 Å². The van der Waals surface area contributed by atoms with E-state index in [1.165, 1.54) is 18.6 Å². The van der Waals surface area contributed by atoms with Gasteiger partial charge in [-0.1, -0.05) is 0 Å². The Balaban J connectivity index is 0.00000113. The molecule has 2 saturated carbocycles. The number of benzene rings is 1. The third-order valence-corrected chi connectivity index (χ3v) is 5.44. The number of H-pyrrole nitrogens is 1. The fourth-order valence-electron chi connectivity index (χ4n) is 4.30. The van der Waals surface area contributed by atoms with Gasteiger partial charge in [-0.15, -0.1) is 24.8 Å². The smallest absolute Gasteiger partial charge is 0.224 e. The molecule has 0 spiro atoms. The highest BCUT2D eigenvalue weighted by atomic mass is 35.5. The zero-order valence-corrected chi connectivity index (χ0v) is 15.3. The van der Waals surface area contributed by atoms with Crippen molar-refractivity contribution in [2.75, 3.05) is 6.54 Å². The predicted octanol–water partition coefficient (Wildman–Crippen LogP) is 2.58. The van der Waals surface area contributed by atoms with Crippen molar-refractivity contribution in [2.45, 2.75) is 31.7 Å². The van der Waals surface area contributed by atoms with Crippen LogP contribution in [-0.4, -0.2) is 28.5 Å². The first-order valence-corrected chi connectivity index (χ1v) is 8.29. The Morgan fingerprint density at radius 3 is 2.80 bits per heavy atom. The Kier molecular flexibility index (Phi) is 6.30. The Morgan fingerprint density at radius 1 is 1.32 bits per heavy atom. The van der Waals surface area contributed by atoms with Crippen molar-refractivity contribution in [3.63, 3.8) is 0 Å². The Hall–Kier alpha value is -1.37. The van der Waals surface area contributed by atoms with E-state index in [0.717, 1.165) is 24.2 Å². The van der Waals surface area contributed by atoms with E-state index in [1.807, 2.05) is 0 Å². The summed E-state index contributed by atoms with van der Waals surface area (Å²) in [5.41, 5.74) is 7.62. The lowest BCUT2D eigenvalue weighted by Crippen LogP contribution is -2.45. The van der Waals surface area contributed by atoms with Crippen LogP contribution in [0, 0.1) is 23.6 Å². The summed E-state index contributed by atoms with van der Waals surface area (Å²) in [6.45, 7) is 0.516. The first kappa shape index (κ1) is 19.9. The number of carbonyl (C=O) groups excluding carboxylic acids is 1. The number of imidazole rings is 1. The largest absolute Gasteiger partial charge is 0.355 e. The number of hydrogen-bond donors (Lipinski definition) is 3. The molecule has 2 fully saturated rings. The zero-order valence-electron chi connectivity index (χ0n) is 13.7. The molecule has 2 aromatic rings. The second kappa shape index (κ2) is 7.89. The van der Waals surface area contributed by atoms with Gasteiger partial charge in [-0.3, -0.25) is 4.79 Å². The van der Waals surface area contributed by atoms with Crippen LogP contribution in [0.5, 0.6) is 0 Å². The molecule has 2 bridgehead atoms. The molecule has 138 valence electrons. The van der Waals surface area contributed by atoms with Crippen LogP contribution in [0.2, 0.25) is 0 Å². The molecule has 0 saturated heterocycles. The van der Waals surface area contributed by atoms with Crippen molar-refractivity contribution in [3.05, 3.63) is 29.8 Å². The molecule has 2 aliphatic rings. The molecule has 4 rings (SSSR count). The molecule has 25 heavy (non-hydrogen) atoms. The van der Waals surface area contributed by atoms with Crippen molar-refractivity contribution >= 4 is 41.8 Å². The normalized spacial score (nSPS) is 27.0. The van der Waals surface area contributed by atoms with Crippen molar-refractivity contribution in [3.8, 4) is 0 Å². The van der Waals surface area contributed by atoms with Crippen molar-refractivity contribution in [1.29, 1.82) is 0 Å². The van der Waals surface area contributed by atoms with Gasteiger partial charge in [-0.05, 0) is 49.3 Å². The predicted molar refractivity (Wildman–Crippen MR) is 99.6 cm³/mol. The molecule has 5 nitrogen and oxygen atoms in total. The third kappa shape index (κ3) is 3.76. The van der Waals surface area contributed by atoms with E-state index in [1.54, 1.807) is 6.07 Å². The number of amides is 1. The van der Waals surface area contributed by atoms with Gasteiger partial charge in [-0.25, -0.2) is 9.37 Å². The van der Waals surface area contributed by atoms with Crippen LogP contribution < -0.4 is 11.1 Å². The first-order valence-electron chi connectivity index (χ1n) is 8.29. The van der Waals surface area contributed by atoms with E-state index >= 15 is 0 Å². The second-order valence-corrected chi connectivity index (χ2v) is 6.82. The lowest BCUT2D eigenvalue weighted by molar-refractivity contribution is -0.127. The zero-order chi connectivity index (χ0) is 16.0. The summed E-state index contributed by atoms with van der Waals surface area (Å²) < 4.78 is 13.2. The summed E-state index contributed by atoms with van der Waals surface area (Å²) in [5, 5.41) is 2.99. The van der Waals surface area contributed by atoms with Crippen molar-refractivity contribution < 1.29 is 9.18 Å². The quantitative estimate of drug-likeness (QED) is 0.752. The number of nitrogens with one attached hydrogen (secondary N) is 2. The van der Waals surface area contributed by atoms with E-state index in [2.05, 4.69) is 15.3 Å². The molecular formula is C17H23Cl2FN4O. The van der Waals surface area contributed by atoms with Crippen LogP contribution >= 0.6 is 24.8 Å². The summed E-state index contributed by atoms with van der Waals surface area (Å²) >= 11 is 0. The maximum atomic E-state index is 13.2. The molecule has 4 atom stereocenters. The van der Waals surface area contributed by atoms with Gasteiger partial charge in [0.15, 0.2) is 0 Å². The summed E-state index contributed by atoms with van der Waals surface area (Å²) in [5.74, 6) is 1.50. The lowest BCUT2D eigenvalue weighted by Gasteiger charge is -2.26. The molecular weight excluding hydrogens is 366 g/mol. The van der Waals surface area contributed by atoms with E-state index < -0.39 is 0 Å². The number of aromatic amines is 1. The number of aromatic nitrogens is 2. The number of fused-ring (bicyclic) bond motifs is 3. The minimum absolute atomic E-state index is 0. The molecule has 1 aromatic heterocycles. The van der Waals surface area contributed by atoms with Gasteiger partial charge in [0.2, 0.25) is 5.91 Å². The Bertz CT molecular complexity index is 751. The van der Waals surface area contributed by atoms with Crippen LogP contribution in [0.15, 0.2) is 18.2 Å². The fourth-order valence-corrected chi connectivity index (χ4v) is 4.30. The maximum Gasteiger partial charge on any atom is 0.224 e. The van der Waals surface area contributed by atoms with Crippen molar-refractivity contribution in [1.82, 2.24) is 15.3 Å². The van der Waals surface area contributed by atoms with Gasteiger partial charge in [-0.2, -0.15) is 0 Å². The van der Waals surface area contributed by atoms with Crippen LogP contribution in [0.4, 0.5) is 4.39 Å². The van der Waals surface area contributed by atoms with Gasteiger partial charge < -0.3 is 16.0 Å². The second-order valence-electron chi connectivity index (χ2n) is 6.82. The molecule has 0 radical (unpaired) electrons. The van der Waals surface area contributed by atoms with E-state index in [-0.39, 0.29) is 48.5 Å². The minimum Gasteiger partial charge on any atom is -0.355 e. The summed E-state index contributed by atoms with van der Waals surface area (Å²) in [4.78, 5) is 19.9. The average Bonchev–Trinajstić information content (AvgIpc) is 3.20. The van der Waals surface area contributed by atoms with Gasteiger partial charge in [0.05, 0.1) is 17.0 Å². The van der Waals surface area contributed by atoms with E-state index in [4.69, 9.17) is 5.73 Å². The number of hydrogen-bond acceptors (Lipinski definition) is 3. The highest BCUT2D eigenvalue weighted by Crippen LogP contribution is 2.47. The van der Waals surface area contributed by atoms with Gasteiger partial charge in [0.1, 0.15) is 11.6 Å². The highest BCUT2D eigenvalue weighted by molar-refractivity contribution is 5.85. The summed E-state index contributed by atoms with van der Waals surface area (Å²) in [7, 11) is 0. The Labute approximate surface area is 158 Å². The molecule has 8 heteroatoms. The summed E-state index contributed by atoms with van der Waals surface area (Å²) in [6.07, 6.45) is 4.00. The molecule has 4 unspecified atom stereocenters. The minimum atomic E-state index is -0.286. The first-order chi connectivity index (χ1) is 11.1. The monoisotopic (exact) mass is 388 g/mol. The van der Waals surface area contributed by atoms with Crippen LogP contribution in [-0.2, 0) is 11.2 Å². The molecule has 4 N–H and O–H groups in total. The third-order valence-electron chi connectivity index (χ3n) is 5.44. The summed E-state index contributed by atoms with van der Waals surface area (Å²) in [6, 6.07) is 4.49. The molecule has 1 heterocycles. The number of rotatable bonds is 4. The van der Waals surface area contributed by atoms with Crippen LogP contribution in [0.1, 0.15) is 25.1 Å². The van der Waals surface area contributed by atoms with Crippen molar-refractivity contribution in [2.24, 2.45) is 23.5 Å². The van der Waals surface area contributed by atoms with Gasteiger partial charge >= 0.3 is 0 Å². The van der Waals surface area contributed by atoms with Crippen LogP contribution in [0.25, 0.3) is 11.0 Å². The number of carbonyl (C=O) groups is 1. The highest BCUT2D eigenvalue weighted by Gasteiger charge is 2.48. The number of nitrogens with two attached hydrogens (primary N) is 1. The molecule has 1 aromatic carbocycles.